The Kier molecular flexibility index (Phi) is 8.40. The van der Waals surface area contributed by atoms with E-state index in [0.717, 1.165) is 42.4 Å². The Bertz CT molecular complexity index is 731. The Labute approximate surface area is 168 Å². The largest absolute Gasteiger partial charge is 0.497 e. The van der Waals surface area contributed by atoms with Crippen molar-refractivity contribution < 1.29 is 9.47 Å². The van der Waals surface area contributed by atoms with Crippen molar-refractivity contribution in [1.82, 2.24) is 4.90 Å². The van der Waals surface area contributed by atoms with Crippen LogP contribution in [-0.2, 0) is 13.1 Å². The second-order valence-corrected chi connectivity index (χ2v) is 6.40. The molecule has 5 heteroatoms. The Balaban J connectivity index is 2.35. The predicted octanol–water partition coefficient (Wildman–Crippen LogP) is 4.38. The lowest BCUT2D eigenvalue weighted by Gasteiger charge is -2.28. The molecule has 5 nitrogen and oxygen atoms in total. The molecule has 0 aromatic heterocycles. The highest BCUT2D eigenvalue weighted by molar-refractivity contribution is 5.98. The standard InChI is InChI=1S/C23H31N3O2/c1-5-20(15-24)23(25-6-2)26(16-18-7-11-21(27-3)12-8-18)17-19-9-13-22(28-4)14-10-19/h7-15H,5-6,16-17,24H2,1-4H3/b20-15+,25-23+. The van der Waals surface area contributed by atoms with E-state index in [9.17, 15) is 0 Å². The van der Waals surface area contributed by atoms with Crippen LogP contribution in [0.25, 0.3) is 0 Å². The van der Waals surface area contributed by atoms with Crippen LogP contribution in [0, 0.1) is 0 Å². The number of nitrogens with zero attached hydrogens (tertiary/aromatic N) is 2. The summed E-state index contributed by atoms with van der Waals surface area (Å²) in [5, 5.41) is 0. The molecular weight excluding hydrogens is 350 g/mol. The summed E-state index contributed by atoms with van der Waals surface area (Å²) < 4.78 is 10.6. The second-order valence-electron chi connectivity index (χ2n) is 6.40. The summed E-state index contributed by atoms with van der Waals surface area (Å²) in [6, 6.07) is 16.3. The highest BCUT2D eigenvalue weighted by atomic mass is 16.5. The second kappa shape index (κ2) is 11.0. The van der Waals surface area contributed by atoms with Crippen molar-refractivity contribution in [1.29, 1.82) is 0 Å². The van der Waals surface area contributed by atoms with Crippen molar-refractivity contribution in [2.75, 3.05) is 20.8 Å². The smallest absolute Gasteiger partial charge is 0.128 e. The van der Waals surface area contributed by atoms with Gasteiger partial charge >= 0.3 is 0 Å². The van der Waals surface area contributed by atoms with Gasteiger partial charge in [0.15, 0.2) is 0 Å². The third-order valence-corrected chi connectivity index (χ3v) is 4.54. The molecule has 0 fully saturated rings. The highest BCUT2D eigenvalue weighted by Crippen LogP contribution is 2.20. The lowest BCUT2D eigenvalue weighted by Crippen LogP contribution is -2.32. The maximum atomic E-state index is 5.91. The summed E-state index contributed by atoms with van der Waals surface area (Å²) in [4.78, 5) is 7.04. The molecule has 0 spiro atoms. The molecule has 0 aliphatic rings. The molecule has 0 amide bonds. The molecule has 0 aliphatic carbocycles. The van der Waals surface area contributed by atoms with E-state index in [0.29, 0.717) is 6.54 Å². The van der Waals surface area contributed by atoms with Gasteiger partial charge in [0.05, 0.1) is 14.2 Å². The van der Waals surface area contributed by atoms with Gasteiger partial charge in [-0.2, -0.15) is 0 Å². The minimum atomic E-state index is 0.703. The minimum Gasteiger partial charge on any atom is -0.497 e. The molecular formula is C23H31N3O2. The third-order valence-electron chi connectivity index (χ3n) is 4.54. The molecule has 0 radical (unpaired) electrons. The van der Waals surface area contributed by atoms with Gasteiger partial charge in [0.2, 0.25) is 0 Å². The molecule has 2 N–H and O–H groups in total. The zero-order valence-electron chi connectivity index (χ0n) is 17.3. The summed E-state index contributed by atoms with van der Waals surface area (Å²) in [6.45, 7) is 6.30. The van der Waals surface area contributed by atoms with Crippen molar-refractivity contribution in [2.24, 2.45) is 10.7 Å². The van der Waals surface area contributed by atoms with E-state index in [4.69, 9.17) is 20.2 Å². The number of nitrogens with two attached hydrogens (primary N) is 1. The van der Waals surface area contributed by atoms with Crippen molar-refractivity contribution in [3.8, 4) is 11.5 Å². The van der Waals surface area contributed by atoms with Crippen LogP contribution < -0.4 is 15.2 Å². The summed E-state index contributed by atoms with van der Waals surface area (Å²) in [5.74, 6) is 2.65. The summed E-state index contributed by atoms with van der Waals surface area (Å²) in [7, 11) is 3.35. The average Bonchev–Trinajstić information content (AvgIpc) is 2.74. The van der Waals surface area contributed by atoms with Crippen molar-refractivity contribution >= 4 is 5.84 Å². The first-order valence-electron chi connectivity index (χ1n) is 9.61. The number of amidine groups is 1. The molecule has 0 saturated carbocycles. The normalized spacial score (nSPS) is 12.0. The molecule has 0 heterocycles. The Hall–Kier alpha value is -2.95. The first-order valence-corrected chi connectivity index (χ1v) is 9.61. The number of hydrogen-bond acceptors (Lipinski definition) is 4. The van der Waals surface area contributed by atoms with Crippen LogP contribution in [0.4, 0.5) is 0 Å². The van der Waals surface area contributed by atoms with E-state index in [1.165, 1.54) is 11.1 Å². The zero-order valence-corrected chi connectivity index (χ0v) is 17.3. The molecule has 0 unspecified atom stereocenters. The van der Waals surface area contributed by atoms with Gasteiger partial charge in [-0.05, 0) is 48.7 Å². The first-order chi connectivity index (χ1) is 13.6. The topological polar surface area (TPSA) is 60.1 Å². The van der Waals surface area contributed by atoms with Crippen molar-refractivity contribution in [2.45, 2.75) is 33.4 Å². The third kappa shape index (κ3) is 5.78. The minimum absolute atomic E-state index is 0.703. The quantitative estimate of drug-likeness (QED) is 0.517. The summed E-state index contributed by atoms with van der Waals surface area (Å²) in [6.07, 6.45) is 2.50. The molecule has 0 atom stereocenters. The number of hydrogen-bond donors (Lipinski definition) is 1. The molecule has 2 rings (SSSR count). The molecule has 2 aromatic carbocycles. The maximum absolute atomic E-state index is 5.91. The fraction of sp³-hybridized carbons (Fsp3) is 0.348. The number of ether oxygens (including phenoxy) is 2. The molecule has 2 aromatic rings. The van der Waals surface area contributed by atoms with Crippen LogP contribution in [0.3, 0.4) is 0 Å². The van der Waals surface area contributed by atoms with E-state index < -0.39 is 0 Å². The van der Waals surface area contributed by atoms with Gasteiger partial charge in [-0.3, -0.25) is 4.99 Å². The average molecular weight is 382 g/mol. The fourth-order valence-electron chi connectivity index (χ4n) is 3.01. The number of methoxy groups -OCH3 is 2. The predicted molar refractivity (Wildman–Crippen MR) is 116 cm³/mol. The van der Waals surface area contributed by atoms with Crippen molar-refractivity contribution in [3.05, 3.63) is 71.4 Å². The summed E-state index contributed by atoms with van der Waals surface area (Å²) >= 11 is 0. The molecule has 0 aliphatic heterocycles. The number of rotatable bonds is 9. The maximum Gasteiger partial charge on any atom is 0.128 e. The van der Waals surface area contributed by atoms with Gasteiger partial charge in [-0.1, -0.05) is 31.2 Å². The van der Waals surface area contributed by atoms with E-state index >= 15 is 0 Å². The van der Waals surface area contributed by atoms with Gasteiger partial charge in [0.1, 0.15) is 17.3 Å². The van der Waals surface area contributed by atoms with Crippen LogP contribution >= 0.6 is 0 Å². The van der Waals surface area contributed by atoms with Crippen LogP contribution in [0.15, 0.2) is 65.3 Å². The van der Waals surface area contributed by atoms with E-state index in [2.05, 4.69) is 36.1 Å². The molecule has 150 valence electrons. The lowest BCUT2D eigenvalue weighted by molar-refractivity contribution is 0.399. The number of benzene rings is 2. The van der Waals surface area contributed by atoms with Gasteiger partial charge in [0, 0.05) is 31.4 Å². The van der Waals surface area contributed by atoms with Gasteiger partial charge < -0.3 is 20.1 Å². The Morgan fingerprint density at radius 3 is 1.68 bits per heavy atom. The highest BCUT2D eigenvalue weighted by Gasteiger charge is 2.16. The monoisotopic (exact) mass is 381 g/mol. The van der Waals surface area contributed by atoms with E-state index in [1.807, 2.05) is 31.2 Å². The number of aliphatic imine (C=N–C) groups is 1. The Morgan fingerprint density at radius 1 is 0.893 bits per heavy atom. The first kappa shape index (κ1) is 21.4. The van der Waals surface area contributed by atoms with Crippen LogP contribution in [0.5, 0.6) is 11.5 Å². The zero-order chi connectivity index (χ0) is 20.4. The van der Waals surface area contributed by atoms with Crippen molar-refractivity contribution in [3.63, 3.8) is 0 Å². The van der Waals surface area contributed by atoms with Crippen LogP contribution in [0.2, 0.25) is 0 Å². The van der Waals surface area contributed by atoms with E-state index in [1.54, 1.807) is 20.4 Å². The SMILES string of the molecule is CC/N=C(\C(=C\N)CC)N(Cc1ccc(OC)cc1)Cc1ccc(OC)cc1. The van der Waals surface area contributed by atoms with Gasteiger partial charge in [-0.15, -0.1) is 0 Å². The van der Waals surface area contributed by atoms with Crippen LogP contribution in [-0.4, -0.2) is 31.5 Å². The molecule has 28 heavy (non-hydrogen) atoms. The fourth-order valence-corrected chi connectivity index (χ4v) is 3.01. The van der Waals surface area contributed by atoms with E-state index in [-0.39, 0.29) is 0 Å². The molecule has 0 saturated heterocycles. The van der Waals surface area contributed by atoms with Gasteiger partial charge in [-0.25, -0.2) is 0 Å². The van der Waals surface area contributed by atoms with Gasteiger partial charge in [0.25, 0.3) is 0 Å². The lowest BCUT2D eigenvalue weighted by atomic mass is 10.1. The Morgan fingerprint density at radius 2 is 1.36 bits per heavy atom. The summed E-state index contributed by atoms with van der Waals surface area (Å²) in [5.41, 5.74) is 9.33. The van der Waals surface area contributed by atoms with Crippen LogP contribution in [0.1, 0.15) is 31.4 Å². The molecule has 0 bridgehead atoms.